The lowest BCUT2D eigenvalue weighted by atomic mass is 9.97. The highest BCUT2D eigenvalue weighted by atomic mass is 19.4. The van der Waals surface area contributed by atoms with Crippen LogP contribution in [0.2, 0.25) is 0 Å². The van der Waals surface area contributed by atoms with Gasteiger partial charge in [0.05, 0.1) is 23.6 Å². The highest BCUT2D eigenvalue weighted by molar-refractivity contribution is 5.79. The fraction of sp³-hybridized carbons (Fsp3) is 0.586. The smallest absolute Gasteiger partial charge is 0.349 e. The van der Waals surface area contributed by atoms with E-state index in [0.29, 0.717) is 12.0 Å². The number of hydrogen-bond donors (Lipinski definition) is 2. The number of hydrogen-bond acceptors (Lipinski definition) is 3. The molecule has 0 spiro atoms. The van der Waals surface area contributed by atoms with Crippen LogP contribution >= 0.6 is 0 Å². The molecular formula is C29H42F6N4O. The van der Waals surface area contributed by atoms with Crippen LogP contribution in [0.25, 0.3) is 5.57 Å². The minimum Gasteiger partial charge on any atom is -0.349 e. The highest BCUT2D eigenvalue weighted by Crippen LogP contribution is 2.32. The van der Waals surface area contributed by atoms with Crippen LogP contribution in [-0.2, 0) is 17.5 Å². The molecule has 40 heavy (non-hydrogen) atoms. The molecule has 2 atom stereocenters. The summed E-state index contributed by atoms with van der Waals surface area (Å²) >= 11 is 0. The van der Waals surface area contributed by atoms with E-state index in [1.54, 1.807) is 32.9 Å². The van der Waals surface area contributed by atoms with Gasteiger partial charge in [-0.15, -0.1) is 0 Å². The molecular weight excluding hydrogens is 534 g/mol. The Hall–Kier alpha value is -2.98. The predicted molar refractivity (Wildman–Crippen MR) is 147 cm³/mol. The third-order valence-corrected chi connectivity index (χ3v) is 6.01. The summed E-state index contributed by atoms with van der Waals surface area (Å²) in [6, 6.07) is 0.879. The van der Waals surface area contributed by atoms with E-state index in [0.717, 1.165) is 23.6 Å². The van der Waals surface area contributed by atoms with Crippen molar-refractivity contribution in [3.8, 4) is 0 Å². The molecule has 5 nitrogen and oxygen atoms in total. The van der Waals surface area contributed by atoms with Gasteiger partial charge in [0.25, 0.3) is 0 Å². The topological polar surface area (TPSA) is 59.0 Å². The molecule has 1 amide bonds. The molecule has 1 heterocycles. The summed E-state index contributed by atoms with van der Waals surface area (Å²) in [5.41, 5.74) is -1.35. The molecule has 1 aromatic heterocycles. The van der Waals surface area contributed by atoms with Gasteiger partial charge in [0.15, 0.2) is 5.69 Å². The van der Waals surface area contributed by atoms with Crippen molar-refractivity contribution in [2.45, 2.75) is 99.0 Å². The predicted octanol–water partition coefficient (Wildman–Crippen LogP) is 8.18. The van der Waals surface area contributed by atoms with Crippen molar-refractivity contribution in [1.29, 1.82) is 0 Å². The average Bonchev–Trinajstić information content (AvgIpc) is 3.24. The Morgan fingerprint density at radius 1 is 1.18 bits per heavy atom. The third-order valence-electron chi connectivity index (χ3n) is 6.01. The molecule has 2 N–H and O–H groups in total. The molecule has 0 aliphatic rings. The van der Waals surface area contributed by atoms with Crippen LogP contribution in [0.3, 0.4) is 0 Å². The highest BCUT2D eigenvalue weighted by Gasteiger charge is 2.36. The van der Waals surface area contributed by atoms with Crippen molar-refractivity contribution < 1.29 is 31.1 Å². The number of nitrogens with one attached hydrogen (secondary N) is 2. The van der Waals surface area contributed by atoms with Gasteiger partial charge in [-0.2, -0.15) is 27.1 Å². The summed E-state index contributed by atoms with van der Waals surface area (Å²) < 4.78 is 81.2. The van der Waals surface area contributed by atoms with Crippen LogP contribution in [0.5, 0.6) is 0 Å². The van der Waals surface area contributed by atoms with Crippen LogP contribution < -0.4 is 10.6 Å². The molecule has 2 unspecified atom stereocenters. The van der Waals surface area contributed by atoms with Crippen molar-refractivity contribution in [2.24, 2.45) is 11.8 Å². The number of amides is 1. The van der Waals surface area contributed by atoms with Crippen LogP contribution in [0.4, 0.5) is 26.3 Å². The number of rotatable bonds is 15. The maximum atomic E-state index is 13.9. The lowest BCUT2D eigenvalue weighted by molar-refractivity contribution is -0.141. The summed E-state index contributed by atoms with van der Waals surface area (Å²) in [4.78, 5) is 13.1. The van der Waals surface area contributed by atoms with E-state index in [9.17, 15) is 31.1 Å². The van der Waals surface area contributed by atoms with E-state index >= 15 is 0 Å². The fourth-order valence-electron chi connectivity index (χ4n) is 3.82. The van der Waals surface area contributed by atoms with Gasteiger partial charge in [-0.25, -0.2) is 4.39 Å². The zero-order chi connectivity index (χ0) is 30.7. The minimum atomic E-state index is -4.72. The molecule has 0 saturated carbocycles. The lowest BCUT2D eigenvalue weighted by Gasteiger charge is -2.29. The van der Waals surface area contributed by atoms with E-state index in [-0.39, 0.29) is 30.2 Å². The minimum absolute atomic E-state index is 0.0370. The number of allylic oxidation sites excluding steroid dienone is 7. The van der Waals surface area contributed by atoms with Gasteiger partial charge < -0.3 is 10.6 Å². The molecule has 0 aliphatic carbocycles. The van der Waals surface area contributed by atoms with E-state index in [1.807, 2.05) is 32.2 Å². The fourth-order valence-corrected chi connectivity index (χ4v) is 3.82. The van der Waals surface area contributed by atoms with Crippen LogP contribution in [0.1, 0.15) is 85.5 Å². The first-order valence-corrected chi connectivity index (χ1v) is 13.4. The van der Waals surface area contributed by atoms with Crippen LogP contribution in [0, 0.1) is 11.8 Å². The second-order valence-electron chi connectivity index (χ2n) is 10.7. The standard InChI is InChI=1S/C29H42F6N4O/c1-8-10-11-12-22(17-36-27(31)32)14-20(4)26(40)37-28(6,7)18-39-24(16-25(38-39)29(33,34)35)23(15-21(5)30)13-19(3)9-2/h11-13,15-17,19-20,27,36H,8-10,14,18H2,1-7H3,(H,37,40)/b12-11-,21-15+,22-17+,23-13+. The Morgan fingerprint density at radius 3 is 2.35 bits per heavy atom. The summed E-state index contributed by atoms with van der Waals surface area (Å²) in [5, 5.41) is 8.54. The second-order valence-corrected chi connectivity index (χ2v) is 10.7. The number of aromatic nitrogens is 2. The molecule has 0 saturated heterocycles. The molecule has 0 bridgehead atoms. The van der Waals surface area contributed by atoms with Gasteiger partial charge >= 0.3 is 12.7 Å². The van der Waals surface area contributed by atoms with E-state index in [1.165, 1.54) is 19.2 Å². The first kappa shape index (κ1) is 35.0. The van der Waals surface area contributed by atoms with Gasteiger partial charge in [-0.3, -0.25) is 9.48 Å². The number of unbranched alkanes of at least 4 members (excludes halogenated alkanes) is 1. The molecule has 1 aromatic rings. The number of nitrogens with zero attached hydrogens (tertiary/aromatic N) is 2. The molecule has 0 radical (unpaired) electrons. The first-order valence-electron chi connectivity index (χ1n) is 13.4. The maximum Gasteiger partial charge on any atom is 0.435 e. The summed E-state index contributed by atoms with van der Waals surface area (Å²) in [6.45, 7) is 8.99. The molecule has 1 rings (SSSR count). The van der Waals surface area contributed by atoms with Crippen molar-refractivity contribution in [3.05, 3.63) is 59.4 Å². The Kier molecular flexibility index (Phi) is 13.8. The van der Waals surface area contributed by atoms with Crippen molar-refractivity contribution in [3.63, 3.8) is 0 Å². The van der Waals surface area contributed by atoms with E-state index in [4.69, 9.17) is 0 Å². The van der Waals surface area contributed by atoms with Crippen molar-refractivity contribution >= 4 is 11.5 Å². The Labute approximate surface area is 233 Å². The average molecular weight is 577 g/mol. The number of carbonyl (C=O) groups excluding carboxylic acids is 1. The van der Waals surface area contributed by atoms with Crippen molar-refractivity contribution in [1.82, 2.24) is 20.4 Å². The summed E-state index contributed by atoms with van der Waals surface area (Å²) in [5.74, 6) is -1.64. The zero-order valence-electron chi connectivity index (χ0n) is 24.3. The maximum absolute atomic E-state index is 13.9. The van der Waals surface area contributed by atoms with E-state index < -0.39 is 41.6 Å². The molecule has 0 fully saturated rings. The molecule has 0 aromatic carbocycles. The number of carbonyl (C=O) groups is 1. The second kappa shape index (κ2) is 15.7. The van der Waals surface area contributed by atoms with Crippen LogP contribution in [0.15, 0.2) is 48.0 Å². The summed E-state index contributed by atoms with van der Waals surface area (Å²) in [6.07, 6.45) is 5.31. The molecule has 11 heteroatoms. The first-order chi connectivity index (χ1) is 18.5. The van der Waals surface area contributed by atoms with Crippen molar-refractivity contribution in [2.75, 3.05) is 0 Å². The van der Waals surface area contributed by atoms with Crippen LogP contribution in [-0.4, -0.2) is 27.8 Å². The van der Waals surface area contributed by atoms with Gasteiger partial charge in [-0.05, 0) is 62.8 Å². The van der Waals surface area contributed by atoms with Gasteiger partial charge in [0, 0.05) is 12.1 Å². The quantitative estimate of drug-likeness (QED) is 0.126. The Balaban J connectivity index is 3.28. The van der Waals surface area contributed by atoms with E-state index in [2.05, 4.69) is 10.4 Å². The number of alkyl halides is 5. The lowest BCUT2D eigenvalue weighted by Crippen LogP contribution is -2.48. The SMILES string of the molecule is CCC/C=C\C(=C/NC(F)F)CC(C)C(=O)NC(C)(C)Cn1nc(C(F)(F)F)cc1C(/C=C(\C)F)=C/C(C)CC. The van der Waals surface area contributed by atoms with Gasteiger partial charge in [0.2, 0.25) is 5.91 Å². The van der Waals surface area contributed by atoms with Gasteiger partial charge in [0.1, 0.15) is 0 Å². The largest absolute Gasteiger partial charge is 0.435 e. The zero-order valence-corrected chi connectivity index (χ0v) is 24.3. The summed E-state index contributed by atoms with van der Waals surface area (Å²) in [7, 11) is 0. The van der Waals surface area contributed by atoms with Gasteiger partial charge in [-0.1, -0.05) is 58.8 Å². The molecule has 226 valence electrons. The normalized spacial score (nSPS) is 15.6. The Morgan fingerprint density at radius 2 is 1.82 bits per heavy atom. The molecule has 0 aliphatic heterocycles. The Bertz CT molecular complexity index is 1080. The third kappa shape index (κ3) is 12.5. The number of halogens is 6. The monoisotopic (exact) mass is 576 g/mol.